The van der Waals surface area contributed by atoms with Gasteiger partial charge in [-0.1, -0.05) is 50.2 Å². The summed E-state index contributed by atoms with van der Waals surface area (Å²) in [7, 11) is 0. The van der Waals surface area contributed by atoms with E-state index in [1.54, 1.807) is 6.07 Å². The quantitative estimate of drug-likeness (QED) is 0.828. The normalized spacial score (nSPS) is 35.7. The molecule has 2 fully saturated rings. The summed E-state index contributed by atoms with van der Waals surface area (Å²) in [5.41, 5.74) is 2.93. The third kappa shape index (κ3) is 2.65. The third-order valence-electron chi connectivity index (χ3n) is 8.34. The Hall–Kier alpha value is -2.33. The molecule has 2 aromatic carbocycles. The van der Waals surface area contributed by atoms with E-state index in [0.717, 1.165) is 37.9 Å². The van der Waals surface area contributed by atoms with Gasteiger partial charge in [0.05, 0.1) is 5.41 Å². The molecule has 0 spiro atoms. The van der Waals surface area contributed by atoms with E-state index in [4.69, 9.17) is 0 Å². The number of benzene rings is 2. The molecule has 5 rings (SSSR count). The fourth-order valence-electron chi connectivity index (χ4n) is 6.23. The van der Waals surface area contributed by atoms with Gasteiger partial charge in [-0.15, -0.1) is 0 Å². The van der Waals surface area contributed by atoms with E-state index < -0.39 is 11.4 Å². The van der Waals surface area contributed by atoms with E-state index in [-0.39, 0.29) is 11.3 Å². The van der Waals surface area contributed by atoms with Crippen LogP contribution in [0.1, 0.15) is 43.4 Å². The number of piperidine rings is 1. The van der Waals surface area contributed by atoms with Gasteiger partial charge in [0.15, 0.2) is 0 Å². The highest BCUT2D eigenvalue weighted by Crippen LogP contribution is 2.56. The second-order valence-corrected chi connectivity index (χ2v) is 9.61. The molecule has 0 amide bonds. The molecule has 4 heteroatoms. The lowest BCUT2D eigenvalue weighted by molar-refractivity contribution is -0.140. The fraction of sp³-hybridized carbons (Fsp3) is 0.480. The van der Waals surface area contributed by atoms with Crippen LogP contribution in [0.4, 0.5) is 0 Å². The minimum Gasteiger partial charge on any atom is -0.508 e. The van der Waals surface area contributed by atoms with Gasteiger partial charge in [0, 0.05) is 12.6 Å². The molecule has 0 aromatic heterocycles. The zero-order valence-corrected chi connectivity index (χ0v) is 17.1. The van der Waals surface area contributed by atoms with Crippen LogP contribution < -0.4 is 0 Å². The van der Waals surface area contributed by atoms with E-state index >= 15 is 0 Å². The van der Waals surface area contributed by atoms with E-state index in [9.17, 15) is 15.0 Å². The number of fused-ring (bicyclic) bond motifs is 4. The summed E-state index contributed by atoms with van der Waals surface area (Å²) in [5, 5.41) is 20.1. The number of hydrogen-bond donors (Lipinski definition) is 2. The van der Waals surface area contributed by atoms with Crippen molar-refractivity contribution in [3.63, 3.8) is 0 Å². The Morgan fingerprint density at radius 3 is 2.69 bits per heavy atom. The highest BCUT2D eigenvalue weighted by Gasteiger charge is 2.62. The van der Waals surface area contributed by atoms with Gasteiger partial charge in [-0.05, 0) is 71.9 Å². The minimum atomic E-state index is -0.719. The van der Waals surface area contributed by atoms with E-state index in [1.807, 2.05) is 36.4 Å². The van der Waals surface area contributed by atoms with Crippen LogP contribution in [0.2, 0.25) is 0 Å². The van der Waals surface area contributed by atoms with Crippen LogP contribution in [0.5, 0.6) is 5.75 Å². The van der Waals surface area contributed by atoms with Gasteiger partial charge >= 0.3 is 5.97 Å². The Kier molecular flexibility index (Phi) is 4.08. The molecule has 1 heterocycles. The topological polar surface area (TPSA) is 60.8 Å². The molecule has 2 N–H and O–H groups in total. The Labute approximate surface area is 172 Å². The van der Waals surface area contributed by atoms with Crippen LogP contribution in [-0.4, -0.2) is 40.2 Å². The highest BCUT2D eigenvalue weighted by atomic mass is 16.4. The number of phenols is 1. The third-order valence-corrected chi connectivity index (χ3v) is 8.34. The molecule has 3 aliphatic rings. The van der Waals surface area contributed by atoms with E-state index in [2.05, 4.69) is 24.8 Å². The lowest BCUT2D eigenvalue weighted by atomic mass is 9.59. The molecule has 1 saturated carbocycles. The lowest BCUT2D eigenvalue weighted by Crippen LogP contribution is -2.58. The van der Waals surface area contributed by atoms with Gasteiger partial charge < -0.3 is 10.2 Å². The van der Waals surface area contributed by atoms with E-state index in [1.165, 1.54) is 11.1 Å². The van der Waals surface area contributed by atoms with Crippen molar-refractivity contribution >= 4 is 5.97 Å². The first kappa shape index (κ1) is 18.7. The first-order chi connectivity index (χ1) is 13.9. The van der Waals surface area contributed by atoms with Crippen LogP contribution in [0.25, 0.3) is 0 Å². The molecule has 1 unspecified atom stereocenters. The monoisotopic (exact) mass is 391 g/mol. The first-order valence-corrected chi connectivity index (χ1v) is 10.7. The van der Waals surface area contributed by atoms with Gasteiger partial charge in [0.1, 0.15) is 5.75 Å². The zero-order valence-electron chi connectivity index (χ0n) is 17.1. The molecule has 1 aliphatic heterocycles. The van der Waals surface area contributed by atoms with Gasteiger partial charge in [0.25, 0.3) is 0 Å². The molecule has 2 bridgehead atoms. The van der Waals surface area contributed by atoms with Crippen LogP contribution >= 0.6 is 0 Å². The van der Waals surface area contributed by atoms with Gasteiger partial charge in [0.2, 0.25) is 0 Å². The summed E-state index contributed by atoms with van der Waals surface area (Å²) in [6.45, 7) is 6.50. The van der Waals surface area contributed by atoms with Crippen molar-refractivity contribution in [3.05, 3.63) is 65.2 Å². The summed E-state index contributed by atoms with van der Waals surface area (Å²) < 4.78 is 0. The van der Waals surface area contributed by atoms with Crippen molar-refractivity contribution in [1.82, 2.24) is 4.90 Å². The average molecular weight is 392 g/mol. The van der Waals surface area contributed by atoms with Crippen molar-refractivity contribution in [2.75, 3.05) is 13.1 Å². The molecule has 4 nitrogen and oxygen atoms in total. The SMILES string of the molecule is CC1[C@H]2Cc3ccc(O)cc3[C@]1(C)CCN2C[C@H]1C[C@]1(C(=O)O)c1ccccc1. The minimum absolute atomic E-state index is 0.0698. The molecular formula is C25H29NO3. The lowest BCUT2D eigenvalue weighted by Gasteiger charge is -2.54. The fourth-order valence-corrected chi connectivity index (χ4v) is 6.23. The molecule has 29 heavy (non-hydrogen) atoms. The number of rotatable bonds is 4. The Morgan fingerprint density at radius 1 is 1.21 bits per heavy atom. The van der Waals surface area contributed by atoms with Crippen molar-refractivity contribution in [2.45, 2.75) is 50.0 Å². The van der Waals surface area contributed by atoms with Crippen molar-refractivity contribution in [1.29, 1.82) is 0 Å². The van der Waals surface area contributed by atoms with Gasteiger partial charge in [-0.2, -0.15) is 0 Å². The largest absolute Gasteiger partial charge is 0.508 e. The summed E-state index contributed by atoms with van der Waals surface area (Å²) in [6, 6.07) is 16.0. The molecule has 152 valence electrons. The van der Waals surface area contributed by atoms with Gasteiger partial charge in [-0.3, -0.25) is 9.69 Å². The molecule has 2 aromatic rings. The molecule has 0 radical (unpaired) electrons. The summed E-state index contributed by atoms with van der Waals surface area (Å²) in [6.07, 6.45) is 2.75. The van der Waals surface area contributed by atoms with Crippen molar-refractivity contribution < 1.29 is 15.0 Å². The van der Waals surface area contributed by atoms with Crippen molar-refractivity contribution in [3.8, 4) is 5.75 Å². The predicted molar refractivity (Wildman–Crippen MR) is 112 cm³/mol. The molecule has 5 atom stereocenters. The summed E-state index contributed by atoms with van der Waals surface area (Å²) in [4.78, 5) is 14.8. The van der Waals surface area contributed by atoms with Gasteiger partial charge in [-0.25, -0.2) is 0 Å². The zero-order chi connectivity index (χ0) is 20.4. The maximum absolute atomic E-state index is 12.2. The number of hydrogen-bond acceptors (Lipinski definition) is 3. The number of carbonyl (C=O) groups is 1. The van der Waals surface area contributed by atoms with Crippen LogP contribution in [0.3, 0.4) is 0 Å². The highest BCUT2D eigenvalue weighted by molar-refractivity contribution is 5.86. The maximum Gasteiger partial charge on any atom is 0.314 e. The van der Waals surface area contributed by atoms with Crippen LogP contribution in [-0.2, 0) is 22.0 Å². The Bertz CT molecular complexity index is 958. The number of carboxylic acid groups (broad SMARTS) is 1. The van der Waals surface area contributed by atoms with Crippen molar-refractivity contribution in [2.24, 2.45) is 11.8 Å². The predicted octanol–water partition coefficient (Wildman–Crippen LogP) is 3.96. The second-order valence-electron chi connectivity index (χ2n) is 9.61. The molecule has 2 aliphatic carbocycles. The standard InChI is InChI=1S/C25H29NO3/c1-16-22-12-17-8-9-20(27)13-21(17)24(16,2)10-11-26(22)15-19-14-25(19,23(28)29)18-6-4-3-5-7-18/h3-9,13,16,19,22,27H,10-12,14-15H2,1-2H3,(H,28,29)/t16?,19-,22-,24-,25+/m1/s1. The number of aliphatic carboxylic acids is 1. The Balaban J connectivity index is 1.41. The Morgan fingerprint density at radius 2 is 1.97 bits per heavy atom. The number of likely N-dealkylation sites (tertiary alicyclic amines) is 1. The summed E-state index contributed by atoms with van der Waals surface area (Å²) in [5.74, 6) is 0.304. The second kappa shape index (κ2) is 6.33. The molecular weight excluding hydrogens is 362 g/mol. The maximum atomic E-state index is 12.2. The van der Waals surface area contributed by atoms with Crippen LogP contribution in [0.15, 0.2) is 48.5 Å². The smallest absolute Gasteiger partial charge is 0.314 e. The number of nitrogens with zero attached hydrogens (tertiary/aromatic N) is 1. The number of carboxylic acids is 1. The number of aromatic hydroxyl groups is 1. The van der Waals surface area contributed by atoms with Crippen LogP contribution in [0, 0.1) is 11.8 Å². The first-order valence-electron chi connectivity index (χ1n) is 10.7. The summed E-state index contributed by atoms with van der Waals surface area (Å²) >= 11 is 0. The average Bonchev–Trinajstić information content (AvgIpc) is 3.44. The number of phenolic OH excluding ortho intramolecular Hbond substituents is 1. The molecule has 1 saturated heterocycles. The van der Waals surface area contributed by atoms with E-state index in [0.29, 0.717) is 17.7 Å².